The molecule has 2 bridgehead atoms. The monoisotopic (exact) mass is 203 g/mol. The number of rotatable bonds is 1. The van der Waals surface area contributed by atoms with Crippen LogP contribution < -0.4 is 0 Å². The maximum atomic E-state index is 10.4. The van der Waals surface area contributed by atoms with Crippen LogP contribution in [0.2, 0.25) is 0 Å². The van der Waals surface area contributed by atoms with Crippen molar-refractivity contribution >= 4 is 18.4 Å². The van der Waals surface area contributed by atoms with Gasteiger partial charge >= 0.3 is 5.97 Å². The van der Waals surface area contributed by atoms with E-state index in [1.54, 1.807) is 0 Å². The fraction of sp³-hybridized carbons (Fsp3) is 0.667. The van der Waals surface area contributed by atoms with E-state index in [1.165, 1.54) is 6.08 Å². The van der Waals surface area contributed by atoms with Crippen molar-refractivity contribution in [3.8, 4) is 0 Å². The Morgan fingerprint density at radius 2 is 2.08 bits per heavy atom. The summed E-state index contributed by atoms with van der Waals surface area (Å²) in [5.41, 5.74) is 1.12. The number of piperidine rings is 3. The van der Waals surface area contributed by atoms with E-state index in [4.69, 9.17) is 5.11 Å². The van der Waals surface area contributed by atoms with Crippen LogP contribution in [0.25, 0.3) is 0 Å². The van der Waals surface area contributed by atoms with E-state index in [0.29, 0.717) is 5.92 Å². The number of carbonyl (C=O) groups is 1. The lowest BCUT2D eigenvalue weighted by Gasteiger charge is -2.40. The summed E-state index contributed by atoms with van der Waals surface area (Å²) in [5.74, 6) is -0.232. The number of hydrogen-bond donors (Lipinski definition) is 1. The Morgan fingerprint density at radius 1 is 1.46 bits per heavy atom. The number of aliphatic carboxylic acids is 1. The molecule has 4 heteroatoms. The zero-order chi connectivity index (χ0) is 8.55. The van der Waals surface area contributed by atoms with Gasteiger partial charge in [0.2, 0.25) is 0 Å². The number of hydrogen-bond acceptors (Lipinski definition) is 2. The third kappa shape index (κ3) is 2.23. The second-order valence-corrected chi connectivity index (χ2v) is 3.61. The van der Waals surface area contributed by atoms with Crippen molar-refractivity contribution in [2.75, 3.05) is 19.6 Å². The molecular formula is C9H14ClNO2. The first-order valence-corrected chi connectivity index (χ1v) is 4.41. The van der Waals surface area contributed by atoms with Crippen LogP contribution in [0.3, 0.4) is 0 Å². The Morgan fingerprint density at radius 3 is 2.46 bits per heavy atom. The predicted octanol–water partition coefficient (Wildman–Crippen LogP) is 1.14. The van der Waals surface area contributed by atoms with Gasteiger partial charge in [0.15, 0.2) is 0 Å². The molecule has 13 heavy (non-hydrogen) atoms. The van der Waals surface area contributed by atoms with Crippen LogP contribution >= 0.6 is 12.4 Å². The van der Waals surface area contributed by atoms with Gasteiger partial charge in [-0.25, -0.2) is 4.79 Å². The Balaban J connectivity index is 0.000000845. The van der Waals surface area contributed by atoms with Gasteiger partial charge < -0.3 is 5.11 Å². The average molecular weight is 204 g/mol. The maximum Gasteiger partial charge on any atom is 0.328 e. The summed E-state index contributed by atoms with van der Waals surface area (Å²) in [7, 11) is 0. The molecule has 74 valence electrons. The lowest BCUT2D eigenvalue weighted by Crippen LogP contribution is -2.43. The molecule has 0 unspecified atom stereocenters. The molecule has 0 aromatic rings. The van der Waals surface area contributed by atoms with Crippen molar-refractivity contribution in [2.45, 2.75) is 12.8 Å². The van der Waals surface area contributed by atoms with Gasteiger partial charge in [0, 0.05) is 12.6 Å². The second kappa shape index (κ2) is 4.11. The Labute approximate surface area is 83.8 Å². The van der Waals surface area contributed by atoms with Crippen LogP contribution in [0, 0.1) is 5.92 Å². The molecule has 3 heterocycles. The molecule has 3 saturated heterocycles. The van der Waals surface area contributed by atoms with Gasteiger partial charge in [-0.05, 0) is 37.4 Å². The highest BCUT2D eigenvalue weighted by Crippen LogP contribution is 2.31. The van der Waals surface area contributed by atoms with E-state index in [0.717, 1.165) is 38.0 Å². The summed E-state index contributed by atoms with van der Waals surface area (Å²) in [5, 5.41) is 8.60. The van der Waals surface area contributed by atoms with E-state index in [2.05, 4.69) is 4.90 Å². The minimum absolute atomic E-state index is 0. The minimum Gasteiger partial charge on any atom is -0.478 e. The molecule has 3 nitrogen and oxygen atoms in total. The summed E-state index contributed by atoms with van der Waals surface area (Å²) in [4.78, 5) is 12.8. The second-order valence-electron chi connectivity index (χ2n) is 3.61. The smallest absolute Gasteiger partial charge is 0.328 e. The fourth-order valence-electron chi connectivity index (χ4n) is 2.17. The maximum absolute atomic E-state index is 10.4. The van der Waals surface area contributed by atoms with Crippen LogP contribution in [-0.4, -0.2) is 35.6 Å². The van der Waals surface area contributed by atoms with E-state index in [1.807, 2.05) is 0 Å². The van der Waals surface area contributed by atoms with Gasteiger partial charge in [0.05, 0.1) is 0 Å². The zero-order valence-electron chi connectivity index (χ0n) is 7.40. The molecular weight excluding hydrogens is 190 g/mol. The molecule has 0 aromatic carbocycles. The average Bonchev–Trinajstić information content (AvgIpc) is 2.05. The van der Waals surface area contributed by atoms with Crippen molar-refractivity contribution in [1.82, 2.24) is 4.90 Å². The van der Waals surface area contributed by atoms with Gasteiger partial charge in [0.25, 0.3) is 0 Å². The molecule has 3 fully saturated rings. The zero-order valence-corrected chi connectivity index (χ0v) is 8.22. The standard InChI is InChI=1S/C9H13NO2.ClH/c11-9(12)5-8-6-10-3-1-7(8)2-4-10;/h5,7H,1-4,6H2,(H,11,12);1H. The fourth-order valence-corrected chi connectivity index (χ4v) is 2.17. The molecule has 0 atom stereocenters. The third-order valence-corrected chi connectivity index (χ3v) is 2.83. The minimum atomic E-state index is -0.793. The highest BCUT2D eigenvalue weighted by atomic mass is 35.5. The number of carboxylic acid groups (broad SMARTS) is 1. The Hall–Kier alpha value is -0.540. The normalized spacial score (nSPS) is 34.3. The van der Waals surface area contributed by atoms with Crippen molar-refractivity contribution in [1.29, 1.82) is 0 Å². The predicted molar refractivity (Wildman–Crippen MR) is 52.1 cm³/mol. The molecule has 3 aliphatic rings. The molecule has 0 spiro atoms. The largest absolute Gasteiger partial charge is 0.478 e. The first-order chi connectivity index (χ1) is 5.75. The van der Waals surface area contributed by atoms with Crippen LogP contribution in [0.15, 0.2) is 11.6 Å². The van der Waals surface area contributed by atoms with Crippen molar-refractivity contribution in [3.63, 3.8) is 0 Å². The van der Waals surface area contributed by atoms with E-state index in [9.17, 15) is 4.79 Å². The van der Waals surface area contributed by atoms with Gasteiger partial charge in [-0.2, -0.15) is 0 Å². The van der Waals surface area contributed by atoms with Gasteiger partial charge in [0.1, 0.15) is 0 Å². The highest BCUT2D eigenvalue weighted by molar-refractivity contribution is 5.85. The van der Waals surface area contributed by atoms with E-state index in [-0.39, 0.29) is 12.4 Å². The van der Waals surface area contributed by atoms with Gasteiger partial charge in [-0.15, -0.1) is 12.4 Å². The number of fused-ring (bicyclic) bond motifs is 3. The molecule has 0 amide bonds. The third-order valence-electron chi connectivity index (χ3n) is 2.83. The summed E-state index contributed by atoms with van der Waals surface area (Å²) in [6.07, 6.45) is 3.70. The van der Waals surface area contributed by atoms with Gasteiger partial charge in [-0.1, -0.05) is 0 Å². The molecule has 3 rings (SSSR count). The molecule has 0 radical (unpaired) electrons. The summed E-state index contributed by atoms with van der Waals surface area (Å²) < 4.78 is 0. The number of halogens is 1. The van der Waals surface area contributed by atoms with E-state index < -0.39 is 5.97 Å². The van der Waals surface area contributed by atoms with Crippen LogP contribution in [0.1, 0.15) is 12.8 Å². The molecule has 0 aliphatic carbocycles. The summed E-state index contributed by atoms with van der Waals surface area (Å²) in [6, 6.07) is 0. The van der Waals surface area contributed by atoms with Crippen LogP contribution in [-0.2, 0) is 4.79 Å². The number of nitrogens with zero attached hydrogens (tertiary/aromatic N) is 1. The lowest BCUT2D eigenvalue weighted by molar-refractivity contribution is -0.131. The van der Waals surface area contributed by atoms with E-state index >= 15 is 0 Å². The molecule has 3 aliphatic heterocycles. The van der Waals surface area contributed by atoms with Crippen molar-refractivity contribution in [2.24, 2.45) is 5.92 Å². The lowest BCUT2D eigenvalue weighted by atomic mass is 9.84. The molecule has 1 N–H and O–H groups in total. The van der Waals surface area contributed by atoms with Gasteiger partial charge in [-0.3, -0.25) is 4.90 Å². The summed E-state index contributed by atoms with van der Waals surface area (Å²) in [6.45, 7) is 3.19. The molecule has 0 saturated carbocycles. The number of carboxylic acids is 1. The summed E-state index contributed by atoms with van der Waals surface area (Å²) >= 11 is 0. The van der Waals surface area contributed by atoms with Crippen molar-refractivity contribution < 1.29 is 9.90 Å². The SMILES string of the molecule is Cl.O=C(O)C=C1CN2CCC1CC2. The van der Waals surface area contributed by atoms with Crippen molar-refractivity contribution in [3.05, 3.63) is 11.6 Å². The van der Waals surface area contributed by atoms with Crippen LogP contribution in [0.4, 0.5) is 0 Å². The molecule has 0 aromatic heterocycles. The first-order valence-electron chi connectivity index (χ1n) is 4.41. The Bertz CT molecular complexity index is 232. The van der Waals surface area contributed by atoms with Crippen LogP contribution in [0.5, 0.6) is 0 Å². The highest BCUT2D eigenvalue weighted by Gasteiger charge is 2.29. The first kappa shape index (κ1) is 10.5. The topological polar surface area (TPSA) is 40.5 Å². The quantitative estimate of drug-likeness (QED) is 0.650. The Kier molecular flexibility index (Phi) is 3.33.